The van der Waals surface area contributed by atoms with Crippen LogP contribution in [0.1, 0.15) is 20.8 Å². The molecule has 1 heterocycles. The van der Waals surface area contributed by atoms with Crippen molar-refractivity contribution in [2.24, 2.45) is 0 Å². The SMILES string of the molecule is Bc1cc2c(F)cccc2n1C(=O)OC(C)(C)C. The van der Waals surface area contributed by atoms with Crippen LogP contribution in [0.5, 0.6) is 0 Å². The maximum atomic E-state index is 13.6. The topological polar surface area (TPSA) is 31.2 Å². The van der Waals surface area contributed by atoms with Gasteiger partial charge in [-0.3, -0.25) is 4.57 Å². The Morgan fingerprint density at radius 1 is 1.39 bits per heavy atom. The molecule has 0 atom stereocenters. The molecule has 2 rings (SSSR count). The number of halogens is 1. The van der Waals surface area contributed by atoms with Gasteiger partial charge in [0.1, 0.15) is 11.4 Å². The van der Waals surface area contributed by atoms with E-state index in [1.807, 2.05) is 0 Å². The van der Waals surface area contributed by atoms with Crippen molar-refractivity contribution < 1.29 is 13.9 Å². The maximum Gasteiger partial charge on any atom is 0.418 e. The first-order chi connectivity index (χ1) is 8.29. The molecule has 0 saturated heterocycles. The summed E-state index contributed by atoms with van der Waals surface area (Å²) >= 11 is 0. The summed E-state index contributed by atoms with van der Waals surface area (Å²) in [5.74, 6) is -0.335. The molecule has 0 bridgehead atoms. The average molecular weight is 247 g/mol. The zero-order valence-electron chi connectivity index (χ0n) is 11.0. The summed E-state index contributed by atoms with van der Waals surface area (Å²) in [5.41, 5.74) is 0.610. The summed E-state index contributed by atoms with van der Waals surface area (Å²) in [6, 6.07) is 6.31. The molecule has 0 aliphatic heterocycles. The number of hydrogen-bond donors (Lipinski definition) is 0. The van der Waals surface area contributed by atoms with E-state index >= 15 is 0 Å². The molecule has 94 valence electrons. The molecule has 5 heteroatoms. The number of hydrogen-bond acceptors (Lipinski definition) is 2. The van der Waals surface area contributed by atoms with Gasteiger partial charge >= 0.3 is 6.09 Å². The lowest BCUT2D eigenvalue weighted by Crippen LogP contribution is -2.32. The Morgan fingerprint density at radius 3 is 2.67 bits per heavy atom. The second-order valence-electron chi connectivity index (χ2n) is 5.27. The molecule has 0 fully saturated rings. The van der Waals surface area contributed by atoms with Crippen LogP contribution in [0.3, 0.4) is 0 Å². The van der Waals surface area contributed by atoms with Crippen LogP contribution in [0.25, 0.3) is 10.9 Å². The third-order valence-electron chi connectivity index (χ3n) is 2.55. The molecule has 18 heavy (non-hydrogen) atoms. The van der Waals surface area contributed by atoms with Crippen molar-refractivity contribution in [1.29, 1.82) is 0 Å². The zero-order valence-corrected chi connectivity index (χ0v) is 11.0. The van der Waals surface area contributed by atoms with Gasteiger partial charge in [-0.25, -0.2) is 9.18 Å². The van der Waals surface area contributed by atoms with E-state index in [1.54, 1.807) is 46.8 Å². The van der Waals surface area contributed by atoms with Crippen molar-refractivity contribution in [3.63, 3.8) is 0 Å². The molecule has 0 amide bonds. The summed E-state index contributed by atoms with van der Waals surface area (Å²) < 4.78 is 20.3. The monoisotopic (exact) mass is 247 g/mol. The van der Waals surface area contributed by atoms with Gasteiger partial charge in [-0.2, -0.15) is 0 Å². The molecular weight excluding hydrogens is 232 g/mol. The second-order valence-corrected chi connectivity index (χ2v) is 5.27. The molecule has 0 aliphatic carbocycles. The highest BCUT2D eigenvalue weighted by Gasteiger charge is 2.21. The van der Waals surface area contributed by atoms with Gasteiger partial charge in [0.2, 0.25) is 0 Å². The Balaban J connectivity index is 2.54. The number of carbonyl (C=O) groups is 1. The van der Waals surface area contributed by atoms with Crippen LogP contribution in [0.15, 0.2) is 24.3 Å². The van der Waals surface area contributed by atoms with Gasteiger partial charge < -0.3 is 4.74 Å². The summed E-state index contributed by atoms with van der Waals surface area (Å²) in [6.07, 6.45) is -0.486. The summed E-state index contributed by atoms with van der Waals surface area (Å²) in [5, 5.41) is 0.431. The Morgan fingerprint density at radius 2 is 2.06 bits per heavy atom. The Hall–Kier alpha value is -1.78. The van der Waals surface area contributed by atoms with Crippen molar-refractivity contribution in [1.82, 2.24) is 4.57 Å². The van der Waals surface area contributed by atoms with Crippen molar-refractivity contribution in [3.8, 4) is 0 Å². The minimum Gasteiger partial charge on any atom is -0.443 e. The van der Waals surface area contributed by atoms with E-state index in [0.717, 1.165) is 0 Å². The molecule has 0 saturated carbocycles. The fourth-order valence-electron chi connectivity index (χ4n) is 1.88. The Kier molecular flexibility index (Phi) is 2.93. The third-order valence-corrected chi connectivity index (χ3v) is 2.55. The van der Waals surface area contributed by atoms with E-state index in [4.69, 9.17) is 4.74 Å². The summed E-state index contributed by atoms with van der Waals surface area (Å²) in [6.45, 7) is 5.39. The van der Waals surface area contributed by atoms with Crippen LogP contribution in [0.2, 0.25) is 0 Å². The molecule has 0 spiro atoms. The van der Waals surface area contributed by atoms with Gasteiger partial charge in [-0.05, 0) is 44.6 Å². The first kappa shape index (κ1) is 12.7. The molecule has 0 N–H and O–H groups in total. The molecular formula is C13H15BFNO2. The van der Waals surface area contributed by atoms with E-state index in [2.05, 4.69) is 0 Å². The van der Waals surface area contributed by atoms with Gasteiger partial charge in [0, 0.05) is 5.39 Å². The smallest absolute Gasteiger partial charge is 0.418 e. The Bertz CT molecular complexity index is 613. The lowest BCUT2D eigenvalue weighted by molar-refractivity contribution is 0.0549. The molecule has 1 aromatic carbocycles. The van der Waals surface area contributed by atoms with Crippen molar-refractivity contribution >= 4 is 30.4 Å². The van der Waals surface area contributed by atoms with Crippen LogP contribution in [0.4, 0.5) is 9.18 Å². The van der Waals surface area contributed by atoms with Crippen molar-refractivity contribution in [2.75, 3.05) is 0 Å². The predicted molar refractivity (Wildman–Crippen MR) is 71.7 cm³/mol. The first-order valence-electron chi connectivity index (χ1n) is 5.79. The minimum atomic E-state index is -0.576. The fourth-order valence-corrected chi connectivity index (χ4v) is 1.88. The van der Waals surface area contributed by atoms with Crippen LogP contribution < -0.4 is 5.59 Å². The molecule has 3 nitrogen and oxygen atoms in total. The Labute approximate surface area is 106 Å². The number of benzene rings is 1. The van der Waals surface area contributed by atoms with Gasteiger partial charge in [-0.15, -0.1) is 0 Å². The highest BCUT2D eigenvalue weighted by Crippen LogP contribution is 2.19. The lowest BCUT2D eigenvalue weighted by atomic mass is 10.1. The van der Waals surface area contributed by atoms with E-state index in [0.29, 0.717) is 16.5 Å². The molecule has 1 aromatic heterocycles. The summed E-state index contributed by atoms with van der Waals surface area (Å²) in [7, 11) is 1.75. The van der Waals surface area contributed by atoms with Crippen molar-refractivity contribution in [2.45, 2.75) is 26.4 Å². The molecule has 0 aliphatic rings. The molecule has 0 radical (unpaired) electrons. The van der Waals surface area contributed by atoms with E-state index in [-0.39, 0.29) is 5.82 Å². The molecule has 2 aromatic rings. The van der Waals surface area contributed by atoms with Crippen LogP contribution >= 0.6 is 0 Å². The average Bonchev–Trinajstić information content (AvgIpc) is 2.53. The predicted octanol–water partition coefficient (Wildman–Crippen LogP) is 1.82. The van der Waals surface area contributed by atoms with E-state index < -0.39 is 11.7 Å². The summed E-state index contributed by atoms with van der Waals surface area (Å²) in [4.78, 5) is 12.1. The number of rotatable bonds is 0. The van der Waals surface area contributed by atoms with E-state index in [9.17, 15) is 9.18 Å². The number of fused-ring (bicyclic) bond motifs is 1. The largest absolute Gasteiger partial charge is 0.443 e. The number of aromatic nitrogens is 1. The number of ether oxygens (including phenoxy) is 1. The van der Waals surface area contributed by atoms with Crippen LogP contribution in [-0.4, -0.2) is 24.1 Å². The quantitative estimate of drug-likeness (QED) is 0.665. The zero-order chi connectivity index (χ0) is 13.5. The number of nitrogens with zero attached hydrogens (tertiary/aromatic N) is 1. The van der Waals surface area contributed by atoms with Gasteiger partial charge in [0.05, 0.1) is 5.52 Å². The maximum absolute atomic E-state index is 13.6. The lowest BCUT2D eigenvalue weighted by Gasteiger charge is -2.20. The normalized spacial score (nSPS) is 11.8. The fraction of sp³-hybridized carbons (Fsp3) is 0.308. The van der Waals surface area contributed by atoms with Crippen LogP contribution in [-0.2, 0) is 4.74 Å². The first-order valence-corrected chi connectivity index (χ1v) is 5.79. The van der Waals surface area contributed by atoms with E-state index in [1.165, 1.54) is 10.6 Å². The van der Waals surface area contributed by atoms with Gasteiger partial charge in [-0.1, -0.05) is 6.07 Å². The van der Waals surface area contributed by atoms with Crippen molar-refractivity contribution in [3.05, 3.63) is 30.1 Å². The standard InChI is InChI=1S/C13H15BFNO2/c1-13(2,3)18-12(17)16-10-6-4-5-9(15)8(10)7-11(16)14/h4-7H,14H2,1-3H3. The second kappa shape index (κ2) is 4.16. The van der Waals surface area contributed by atoms with Gasteiger partial charge in [0.25, 0.3) is 0 Å². The van der Waals surface area contributed by atoms with Crippen LogP contribution in [0, 0.1) is 5.82 Å². The highest BCUT2D eigenvalue weighted by atomic mass is 19.1. The third kappa shape index (κ3) is 2.25. The minimum absolute atomic E-state index is 0.335. The number of carbonyl (C=O) groups excluding carboxylic acids is 1. The molecule has 0 unspecified atom stereocenters. The highest BCUT2D eigenvalue weighted by molar-refractivity contribution is 6.34. The van der Waals surface area contributed by atoms with Gasteiger partial charge in [0.15, 0.2) is 7.85 Å².